The molecule has 1 aliphatic rings. The number of carbonyl (C=O) groups is 1. The Labute approximate surface area is 118 Å². The Morgan fingerprint density at radius 3 is 2.74 bits per heavy atom. The van der Waals surface area contributed by atoms with Crippen molar-refractivity contribution < 1.29 is 17.6 Å². The summed E-state index contributed by atoms with van der Waals surface area (Å²) in [7, 11) is -3.90. The van der Waals surface area contributed by atoms with Crippen molar-refractivity contribution in [3.8, 4) is 0 Å². The van der Waals surface area contributed by atoms with E-state index in [4.69, 9.17) is 5.73 Å². The van der Waals surface area contributed by atoms with Gasteiger partial charge in [0.15, 0.2) is 0 Å². The van der Waals surface area contributed by atoms with Gasteiger partial charge in [-0.15, -0.1) is 0 Å². The van der Waals surface area contributed by atoms with E-state index in [-0.39, 0.29) is 15.9 Å². The Morgan fingerprint density at radius 2 is 2.16 bits per heavy atom. The highest BCUT2D eigenvalue weighted by Gasteiger charge is 2.38. The van der Waals surface area contributed by atoms with Crippen LogP contribution in [0, 0.1) is 5.82 Å². The van der Waals surface area contributed by atoms with Crippen molar-refractivity contribution in [2.45, 2.75) is 23.8 Å². The number of halogens is 2. The zero-order valence-electron chi connectivity index (χ0n) is 9.84. The molecular formula is C11H12BrFN2O3S. The molecule has 1 aliphatic heterocycles. The molecule has 8 heteroatoms. The fraction of sp³-hybridized carbons (Fsp3) is 0.364. The molecular weight excluding hydrogens is 339 g/mol. The molecule has 0 saturated carbocycles. The molecule has 0 aromatic heterocycles. The quantitative estimate of drug-likeness (QED) is 0.889. The number of sulfonamides is 1. The van der Waals surface area contributed by atoms with E-state index >= 15 is 0 Å². The average molecular weight is 351 g/mol. The Balaban J connectivity index is 2.42. The molecule has 1 atom stereocenters. The van der Waals surface area contributed by atoms with Crippen LogP contribution in [0.4, 0.5) is 4.39 Å². The monoisotopic (exact) mass is 350 g/mol. The minimum absolute atomic E-state index is 0.179. The first kappa shape index (κ1) is 14.4. The van der Waals surface area contributed by atoms with Crippen molar-refractivity contribution in [3.05, 3.63) is 28.5 Å². The van der Waals surface area contributed by atoms with Gasteiger partial charge in [0.1, 0.15) is 11.9 Å². The van der Waals surface area contributed by atoms with E-state index in [2.05, 4.69) is 15.9 Å². The number of benzene rings is 1. The number of amides is 1. The summed E-state index contributed by atoms with van der Waals surface area (Å²) in [5, 5.41) is 0. The largest absolute Gasteiger partial charge is 0.368 e. The third kappa shape index (κ3) is 2.65. The molecule has 2 rings (SSSR count). The van der Waals surface area contributed by atoms with Gasteiger partial charge in [-0.05, 0) is 47.0 Å². The van der Waals surface area contributed by atoms with E-state index in [1.807, 2.05) is 0 Å². The second kappa shape index (κ2) is 5.18. The number of nitrogens with zero attached hydrogens (tertiary/aromatic N) is 1. The SMILES string of the molecule is NC(=O)C1CCCN1S(=O)(=O)c1ccc(Br)c(F)c1. The number of hydrogen-bond donors (Lipinski definition) is 1. The highest BCUT2D eigenvalue weighted by molar-refractivity contribution is 9.10. The maximum Gasteiger partial charge on any atom is 0.243 e. The molecule has 0 radical (unpaired) electrons. The van der Waals surface area contributed by atoms with Crippen LogP contribution in [0.2, 0.25) is 0 Å². The van der Waals surface area contributed by atoms with Crippen molar-refractivity contribution in [1.29, 1.82) is 0 Å². The zero-order chi connectivity index (χ0) is 14.2. The van der Waals surface area contributed by atoms with Crippen LogP contribution in [-0.4, -0.2) is 31.2 Å². The summed E-state index contributed by atoms with van der Waals surface area (Å²) < 4.78 is 39.3. The average Bonchev–Trinajstić information content (AvgIpc) is 2.82. The van der Waals surface area contributed by atoms with Gasteiger partial charge in [0.2, 0.25) is 15.9 Å². The summed E-state index contributed by atoms with van der Waals surface area (Å²) in [4.78, 5) is 11.1. The topological polar surface area (TPSA) is 80.5 Å². The predicted octanol–water partition coefficient (Wildman–Crippen LogP) is 1.23. The van der Waals surface area contributed by atoms with Crippen LogP contribution in [-0.2, 0) is 14.8 Å². The van der Waals surface area contributed by atoms with Gasteiger partial charge in [0.25, 0.3) is 0 Å². The van der Waals surface area contributed by atoms with Crippen LogP contribution in [0.25, 0.3) is 0 Å². The second-order valence-corrected chi connectivity index (χ2v) is 7.00. The van der Waals surface area contributed by atoms with E-state index in [1.54, 1.807) is 0 Å². The summed E-state index contributed by atoms with van der Waals surface area (Å²) in [5.74, 6) is -1.35. The minimum atomic E-state index is -3.90. The number of hydrogen-bond acceptors (Lipinski definition) is 3. The maximum atomic E-state index is 13.4. The first-order chi connectivity index (χ1) is 8.84. The van der Waals surface area contributed by atoms with Crippen molar-refractivity contribution in [2.75, 3.05) is 6.54 Å². The van der Waals surface area contributed by atoms with Gasteiger partial charge >= 0.3 is 0 Å². The lowest BCUT2D eigenvalue weighted by Gasteiger charge is -2.21. The van der Waals surface area contributed by atoms with Gasteiger partial charge in [-0.2, -0.15) is 4.31 Å². The number of rotatable bonds is 3. The fourth-order valence-electron chi connectivity index (χ4n) is 2.08. The lowest BCUT2D eigenvalue weighted by Crippen LogP contribution is -2.43. The van der Waals surface area contributed by atoms with Crippen molar-refractivity contribution in [2.24, 2.45) is 5.73 Å². The molecule has 1 saturated heterocycles. The van der Waals surface area contributed by atoms with Gasteiger partial charge in [-0.25, -0.2) is 12.8 Å². The molecule has 5 nitrogen and oxygen atoms in total. The van der Waals surface area contributed by atoms with Gasteiger partial charge in [-0.1, -0.05) is 0 Å². The Bertz CT molecular complexity index is 620. The third-order valence-electron chi connectivity index (χ3n) is 3.03. The van der Waals surface area contributed by atoms with Crippen LogP contribution in [0.15, 0.2) is 27.6 Å². The molecule has 0 spiro atoms. The van der Waals surface area contributed by atoms with Gasteiger partial charge in [0.05, 0.1) is 9.37 Å². The highest BCUT2D eigenvalue weighted by Crippen LogP contribution is 2.27. The van der Waals surface area contributed by atoms with Crippen LogP contribution in [0.3, 0.4) is 0 Å². The van der Waals surface area contributed by atoms with Crippen molar-refractivity contribution in [1.82, 2.24) is 4.31 Å². The van der Waals surface area contributed by atoms with Gasteiger partial charge in [-0.3, -0.25) is 4.79 Å². The lowest BCUT2D eigenvalue weighted by atomic mass is 10.2. The van der Waals surface area contributed by atoms with E-state index in [9.17, 15) is 17.6 Å². The van der Waals surface area contributed by atoms with Crippen molar-refractivity contribution >= 4 is 31.9 Å². The van der Waals surface area contributed by atoms with Crippen LogP contribution < -0.4 is 5.73 Å². The van der Waals surface area contributed by atoms with Gasteiger partial charge < -0.3 is 5.73 Å². The molecule has 1 heterocycles. The van der Waals surface area contributed by atoms with Crippen molar-refractivity contribution in [3.63, 3.8) is 0 Å². The standard InChI is InChI=1S/C11H12BrFN2O3S/c12-8-4-3-7(6-9(8)13)19(17,18)15-5-1-2-10(15)11(14)16/h3-4,6,10H,1-2,5H2,(H2,14,16). The van der Waals surface area contributed by atoms with E-state index in [1.165, 1.54) is 12.1 Å². The fourth-order valence-corrected chi connectivity index (χ4v) is 4.01. The molecule has 1 aromatic carbocycles. The zero-order valence-corrected chi connectivity index (χ0v) is 12.2. The van der Waals surface area contributed by atoms with Crippen LogP contribution in [0.5, 0.6) is 0 Å². The lowest BCUT2D eigenvalue weighted by molar-refractivity contribution is -0.121. The van der Waals surface area contributed by atoms with Crippen LogP contribution in [0.1, 0.15) is 12.8 Å². The first-order valence-electron chi connectivity index (χ1n) is 5.60. The predicted molar refractivity (Wildman–Crippen MR) is 70.2 cm³/mol. The summed E-state index contributed by atoms with van der Waals surface area (Å²) in [6, 6.07) is 2.68. The molecule has 104 valence electrons. The smallest absolute Gasteiger partial charge is 0.243 e. The number of nitrogens with two attached hydrogens (primary N) is 1. The molecule has 1 fully saturated rings. The molecule has 1 unspecified atom stereocenters. The maximum absolute atomic E-state index is 13.4. The second-order valence-electron chi connectivity index (χ2n) is 4.25. The molecule has 19 heavy (non-hydrogen) atoms. The Kier molecular flexibility index (Phi) is 3.93. The summed E-state index contributed by atoms with van der Waals surface area (Å²) in [6.07, 6.45) is 0.958. The van der Waals surface area contributed by atoms with E-state index in [0.717, 1.165) is 10.4 Å². The Hall–Kier alpha value is -0.990. The number of primary amides is 1. The molecule has 1 amide bonds. The highest BCUT2D eigenvalue weighted by atomic mass is 79.9. The normalized spacial score (nSPS) is 20.6. The number of carbonyl (C=O) groups excluding carboxylic acids is 1. The Morgan fingerprint density at radius 1 is 1.47 bits per heavy atom. The summed E-state index contributed by atoms with van der Waals surface area (Å²) >= 11 is 2.96. The summed E-state index contributed by atoms with van der Waals surface area (Å²) in [6.45, 7) is 0.216. The van der Waals surface area contributed by atoms with Crippen LogP contribution >= 0.6 is 15.9 Å². The van der Waals surface area contributed by atoms with E-state index < -0.39 is 27.8 Å². The molecule has 2 N–H and O–H groups in total. The molecule has 1 aromatic rings. The van der Waals surface area contributed by atoms with Gasteiger partial charge in [0, 0.05) is 6.54 Å². The first-order valence-corrected chi connectivity index (χ1v) is 7.83. The minimum Gasteiger partial charge on any atom is -0.368 e. The molecule has 0 aliphatic carbocycles. The molecule has 0 bridgehead atoms. The third-order valence-corrected chi connectivity index (χ3v) is 5.58. The van der Waals surface area contributed by atoms with E-state index in [0.29, 0.717) is 12.8 Å². The summed E-state index contributed by atoms with van der Waals surface area (Å²) in [5.41, 5.74) is 5.19.